The van der Waals surface area contributed by atoms with Gasteiger partial charge in [-0.1, -0.05) is 49.4 Å². The summed E-state index contributed by atoms with van der Waals surface area (Å²) >= 11 is 0. The monoisotopic (exact) mass is 359 g/mol. The van der Waals surface area contributed by atoms with Crippen LogP contribution in [0.5, 0.6) is 0 Å². The van der Waals surface area contributed by atoms with Crippen molar-refractivity contribution >= 4 is 34.5 Å². The van der Waals surface area contributed by atoms with Crippen molar-refractivity contribution in [1.29, 1.82) is 0 Å². The van der Waals surface area contributed by atoms with Crippen molar-refractivity contribution in [2.24, 2.45) is 5.10 Å². The summed E-state index contributed by atoms with van der Waals surface area (Å²) in [7, 11) is 0. The van der Waals surface area contributed by atoms with E-state index in [0.29, 0.717) is 17.7 Å². The van der Waals surface area contributed by atoms with E-state index in [1.807, 2.05) is 49.4 Å². The van der Waals surface area contributed by atoms with Crippen LogP contribution < -0.4 is 10.7 Å². The first-order chi connectivity index (χ1) is 13.2. The zero-order chi connectivity index (χ0) is 19.1. The van der Waals surface area contributed by atoms with Crippen LogP contribution in [-0.4, -0.2) is 18.0 Å². The van der Waals surface area contributed by atoms with Gasteiger partial charge in [0.2, 0.25) is 5.91 Å². The lowest BCUT2D eigenvalue weighted by Gasteiger charge is -2.05. The smallest absolute Gasteiger partial charge is 0.271 e. The zero-order valence-corrected chi connectivity index (χ0v) is 15.1. The summed E-state index contributed by atoms with van der Waals surface area (Å²) in [5, 5.41) is 9.05. The van der Waals surface area contributed by atoms with E-state index in [0.717, 1.165) is 22.8 Å². The molecule has 2 N–H and O–H groups in total. The second-order valence-electron chi connectivity index (χ2n) is 6.14. The largest absolute Gasteiger partial charge is 0.326 e. The number of anilines is 1. The molecule has 0 aliphatic carbocycles. The molecule has 0 bridgehead atoms. The van der Waals surface area contributed by atoms with Gasteiger partial charge in [0.1, 0.15) is 0 Å². The molecule has 0 unspecified atom stereocenters. The van der Waals surface area contributed by atoms with E-state index in [9.17, 15) is 9.59 Å². The van der Waals surface area contributed by atoms with E-state index in [1.54, 1.807) is 30.5 Å². The topological polar surface area (TPSA) is 70.6 Å². The summed E-state index contributed by atoms with van der Waals surface area (Å²) in [5.41, 5.74) is 4.61. The lowest BCUT2D eigenvalue weighted by atomic mass is 10.1. The Bertz CT molecular complexity index is 973. The molecule has 2 amide bonds. The minimum atomic E-state index is -0.307. The van der Waals surface area contributed by atoms with Crippen molar-refractivity contribution in [3.05, 3.63) is 77.9 Å². The molecule has 0 saturated heterocycles. The van der Waals surface area contributed by atoms with Crippen molar-refractivity contribution in [3.8, 4) is 0 Å². The Labute approximate surface area is 158 Å². The van der Waals surface area contributed by atoms with Gasteiger partial charge in [0.05, 0.1) is 6.21 Å². The predicted molar refractivity (Wildman–Crippen MR) is 109 cm³/mol. The average molecular weight is 359 g/mol. The zero-order valence-electron chi connectivity index (χ0n) is 15.1. The first-order valence-corrected chi connectivity index (χ1v) is 8.88. The van der Waals surface area contributed by atoms with Crippen molar-refractivity contribution in [2.45, 2.75) is 19.8 Å². The van der Waals surface area contributed by atoms with Crippen molar-refractivity contribution in [3.63, 3.8) is 0 Å². The van der Waals surface area contributed by atoms with Crippen molar-refractivity contribution < 1.29 is 9.59 Å². The predicted octanol–water partition coefficient (Wildman–Crippen LogP) is 4.34. The van der Waals surface area contributed by atoms with E-state index >= 15 is 0 Å². The summed E-state index contributed by atoms with van der Waals surface area (Å²) in [6.45, 7) is 1.95. The first kappa shape index (κ1) is 18.3. The number of carbonyl (C=O) groups excluding carboxylic acids is 2. The van der Waals surface area contributed by atoms with Gasteiger partial charge in [-0.25, -0.2) is 5.43 Å². The number of hydrogen-bond donors (Lipinski definition) is 2. The van der Waals surface area contributed by atoms with Gasteiger partial charge in [-0.05, 0) is 41.5 Å². The normalized spacial score (nSPS) is 10.9. The number of fused-ring (bicyclic) bond motifs is 1. The van der Waals surface area contributed by atoms with Gasteiger partial charge in [0.15, 0.2) is 0 Å². The molecule has 0 aliphatic heterocycles. The number of nitrogens with one attached hydrogen (secondary N) is 2. The highest BCUT2D eigenvalue weighted by Crippen LogP contribution is 2.16. The standard InChI is InChI=1S/C22H21N3O2/c1-2-6-21(26)24-19-13-11-17(12-14-19)22(27)25-23-15-18-9-5-8-16-7-3-4-10-20(16)18/h3-5,7-15H,2,6H2,1H3,(H,24,26)(H,25,27). The van der Waals surface area contributed by atoms with E-state index in [1.165, 1.54) is 0 Å². The van der Waals surface area contributed by atoms with Crippen LogP contribution in [0.15, 0.2) is 71.8 Å². The molecule has 136 valence electrons. The third kappa shape index (κ3) is 4.79. The third-order valence-corrected chi connectivity index (χ3v) is 4.10. The highest BCUT2D eigenvalue weighted by molar-refractivity contribution is 6.01. The minimum Gasteiger partial charge on any atom is -0.326 e. The SMILES string of the molecule is CCCC(=O)Nc1ccc(C(=O)NN=Cc2cccc3ccccc23)cc1. The Morgan fingerprint density at radius 2 is 1.70 bits per heavy atom. The molecule has 27 heavy (non-hydrogen) atoms. The average Bonchev–Trinajstić information content (AvgIpc) is 2.69. The summed E-state index contributed by atoms with van der Waals surface area (Å²) in [5.74, 6) is -0.340. The van der Waals surface area contributed by atoms with E-state index in [4.69, 9.17) is 0 Å². The van der Waals surface area contributed by atoms with E-state index < -0.39 is 0 Å². The first-order valence-electron chi connectivity index (χ1n) is 8.88. The highest BCUT2D eigenvalue weighted by Gasteiger charge is 2.06. The molecule has 0 radical (unpaired) electrons. The minimum absolute atomic E-state index is 0.0330. The second kappa shape index (κ2) is 8.76. The number of rotatable bonds is 6. The molecular formula is C22H21N3O2. The van der Waals surface area contributed by atoms with Crippen LogP contribution >= 0.6 is 0 Å². The number of nitrogens with zero attached hydrogens (tertiary/aromatic N) is 1. The van der Waals surface area contributed by atoms with Crippen LogP contribution in [0.4, 0.5) is 5.69 Å². The third-order valence-electron chi connectivity index (χ3n) is 4.10. The van der Waals surface area contributed by atoms with Crippen LogP contribution in [0.3, 0.4) is 0 Å². The van der Waals surface area contributed by atoms with Gasteiger partial charge in [-0.3, -0.25) is 9.59 Å². The van der Waals surface area contributed by atoms with E-state index in [2.05, 4.69) is 15.8 Å². The molecule has 3 aromatic carbocycles. The number of benzene rings is 3. The maximum atomic E-state index is 12.2. The molecule has 0 spiro atoms. The maximum Gasteiger partial charge on any atom is 0.271 e. The Hall–Kier alpha value is -3.47. The van der Waals surface area contributed by atoms with Gasteiger partial charge in [-0.2, -0.15) is 5.10 Å². The summed E-state index contributed by atoms with van der Waals surface area (Å²) in [6.07, 6.45) is 2.91. The van der Waals surface area contributed by atoms with Gasteiger partial charge in [0.25, 0.3) is 5.91 Å². The molecule has 3 rings (SSSR count). The number of hydrazone groups is 1. The van der Waals surface area contributed by atoms with Gasteiger partial charge in [-0.15, -0.1) is 0 Å². The maximum absolute atomic E-state index is 12.2. The lowest BCUT2D eigenvalue weighted by Crippen LogP contribution is -2.17. The molecule has 0 saturated carbocycles. The molecule has 0 atom stereocenters. The molecule has 5 nitrogen and oxygen atoms in total. The van der Waals surface area contributed by atoms with E-state index in [-0.39, 0.29) is 11.8 Å². The molecule has 0 heterocycles. The number of carbonyl (C=O) groups is 2. The number of hydrogen-bond acceptors (Lipinski definition) is 3. The second-order valence-corrected chi connectivity index (χ2v) is 6.14. The Kier molecular flexibility index (Phi) is 5.94. The van der Waals surface area contributed by atoms with Crippen molar-refractivity contribution in [1.82, 2.24) is 5.43 Å². The van der Waals surface area contributed by atoms with Crippen molar-refractivity contribution in [2.75, 3.05) is 5.32 Å². The van der Waals surface area contributed by atoms with Gasteiger partial charge in [0, 0.05) is 23.2 Å². The van der Waals surface area contributed by atoms with Crippen LogP contribution in [0.1, 0.15) is 35.7 Å². The van der Waals surface area contributed by atoms with Gasteiger partial charge >= 0.3 is 0 Å². The van der Waals surface area contributed by atoms with Crippen LogP contribution in [0.25, 0.3) is 10.8 Å². The quantitative estimate of drug-likeness (QED) is 0.508. The summed E-state index contributed by atoms with van der Waals surface area (Å²) < 4.78 is 0. The number of amides is 2. The Balaban J connectivity index is 1.63. The lowest BCUT2D eigenvalue weighted by molar-refractivity contribution is -0.116. The van der Waals surface area contributed by atoms with Gasteiger partial charge < -0.3 is 5.32 Å². The molecule has 0 fully saturated rings. The molecule has 5 heteroatoms. The van der Waals surface area contributed by atoms with Crippen LogP contribution in [-0.2, 0) is 4.79 Å². The molecular weight excluding hydrogens is 338 g/mol. The molecule has 0 aliphatic rings. The molecule has 0 aromatic heterocycles. The fourth-order valence-corrected chi connectivity index (χ4v) is 2.74. The Morgan fingerprint density at radius 1 is 0.963 bits per heavy atom. The Morgan fingerprint density at radius 3 is 2.48 bits per heavy atom. The fraction of sp³-hybridized carbons (Fsp3) is 0.136. The highest BCUT2D eigenvalue weighted by atomic mass is 16.2. The fourth-order valence-electron chi connectivity index (χ4n) is 2.74. The van der Waals surface area contributed by atoms with Crippen LogP contribution in [0.2, 0.25) is 0 Å². The van der Waals surface area contributed by atoms with Crippen LogP contribution in [0, 0.1) is 0 Å². The summed E-state index contributed by atoms with van der Waals surface area (Å²) in [4.78, 5) is 23.8. The molecule has 3 aromatic rings. The summed E-state index contributed by atoms with van der Waals surface area (Å²) in [6, 6.07) is 20.7.